The maximum absolute atomic E-state index is 12.7. The molecule has 0 radical (unpaired) electrons. The SMILES string of the molecule is COc1cccc(C(=O)N2CCN(c3ccccc3)CC2)c1N. The van der Waals surface area contributed by atoms with E-state index in [4.69, 9.17) is 10.5 Å². The standard InChI is InChI=1S/C18H21N3O2/c1-23-16-9-5-8-15(17(16)19)18(22)21-12-10-20(11-13-21)14-6-3-2-4-7-14/h2-9H,10-13,19H2,1H3. The summed E-state index contributed by atoms with van der Waals surface area (Å²) in [6, 6.07) is 15.6. The molecule has 120 valence electrons. The van der Waals surface area contributed by atoms with Crippen LogP contribution in [0.25, 0.3) is 0 Å². The van der Waals surface area contributed by atoms with Crippen molar-refractivity contribution in [2.24, 2.45) is 0 Å². The van der Waals surface area contributed by atoms with Gasteiger partial charge in [-0.15, -0.1) is 0 Å². The number of hydrogen-bond acceptors (Lipinski definition) is 4. The van der Waals surface area contributed by atoms with Crippen LogP contribution in [0.1, 0.15) is 10.4 Å². The van der Waals surface area contributed by atoms with Gasteiger partial charge in [0, 0.05) is 31.9 Å². The van der Waals surface area contributed by atoms with E-state index in [2.05, 4.69) is 17.0 Å². The number of nitrogens with two attached hydrogens (primary N) is 1. The third kappa shape index (κ3) is 3.08. The predicted octanol–water partition coefficient (Wildman–Crippen LogP) is 2.24. The number of carbonyl (C=O) groups excluding carboxylic acids is 1. The summed E-state index contributed by atoms with van der Waals surface area (Å²) in [4.78, 5) is 16.8. The van der Waals surface area contributed by atoms with Gasteiger partial charge in [0.1, 0.15) is 5.75 Å². The molecule has 2 aromatic carbocycles. The second-order valence-corrected chi connectivity index (χ2v) is 5.54. The van der Waals surface area contributed by atoms with E-state index in [1.54, 1.807) is 25.3 Å². The van der Waals surface area contributed by atoms with Crippen LogP contribution >= 0.6 is 0 Å². The number of methoxy groups -OCH3 is 1. The topological polar surface area (TPSA) is 58.8 Å². The molecule has 1 saturated heterocycles. The summed E-state index contributed by atoms with van der Waals surface area (Å²) in [6.07, 6.45) is 0. The number of benzene rings is 2. The highest BCUT2D eigenvalue weighted by Gasteiger charge is 2.24. The number of ether oxygens (including phenoxy) is 1. The third-order valence-corrected chi connectivity index (χ3v) is 4.20. The van der Waals surface area contributed by atoms with Crippen molar-refractivity contribution in [2.75, 3.05) is 43.9 Å². The number of nitrogen functional groups attached to an aromatic ring is 1. The van der Waals surface area contributed by atoms with E-state index >= 15 is 0 Å². The molecular weight excluding hydrogens is 290 g/mol. The van der Waals surface area contributed by atoms with Crippen LogP contribution in [-0.2, 0) is 0 Å². The Balaban J connectivity index is 1.69. The molecule has 23 heavy (non-hydrogen) atoms. The zero-order valence-corrected chi connectivity index (χ0v) is 13.2. The van der Waals surface area contributed by atoms with Gasteiger partial charge in [-0.25, -0.2) is 0 Å². The average molecular weight is 311 g/mol. The molecule has 0 aliphatic carbocycles. The smallest absolute Gasteiger partial charge is 0.256 e. The summed E-state index contributed by atoms with van der Waals surface area (Å²) in [6.45, 7) is 3.01. The van der Waals surface area contributed by atoms with Crippen LogP contribution < -0.4 is 15.4 Å². The fourth-order valence-corrected chi connectivity index (χ4v) is 2.89. The molecule has 1 aliphatic rings. The molecule has 0 aromatic heterocycles. The number of anilines is 2. The van der Waals surface area contributed by atoms with Gasteiger partial charge in [-0.05, 0) is 24.3 Å². The quantitative estimate of drug-likeness (QED) is 0.883. The van der Waals surface area contributed by atoms with Gasteiger partial charge in [-0.2, -0.15) is 0 Å². The normalized spacial score (nSPS) is 14.7. The first-order valence-electron chi connectivity index (χ1n) is 7.72. The minimum Gasteiger partial charge on any atom is -0.495 e. The molecule has 0 saturated carbocycles. The summed E-state index contributed by atoms with van der Waals surface area (Å²) in [7, 11) is 1.55. The summed E-state index contributed by atoms with van der Waals surface area (Å²) >= 11 is 0. The Kier molecular flexibility index (Phi) is 4.37. The van der Waals surface area contributed by atoms with Crippen LogP contribution in [0.2, 0.25) is 0 Å². The Bertz CT molecular complexity index is 680. The Labute approximate surface area is 136 Å². The van der Waals surface area contributed by atoms with Crippen molar-refractivity contribution in [1.82, 2.24) is 4.90 Å². The van der Waals surface area contributed by atoms with Gasteiger partial charge in [0.25, 0.3) is 5.91 Å². The van der Waals surface area contributed by atoms with Gasteiger partial charge >= 0.3 is 0 Å². The van der Waals surface area contributed by atoms with Gasteiger partial charge in [-0.3, -0.25) is 4.79 Å². The van der Waals surface area contributed by atoms with Gasteiger partial charge < -0.3 is 20.3 Å². The van der Waals surface area contributed by atoms with Crippen molar-refractivity contribution in [2.45, 2.75) is 0 Å². The van der Waals surface area contributed by atoms with Crippen LogP contribution in [0.15, 0.2) is 48.5 Å². The lowest BCUT2D eigenvalue weighted by Gasteiger charge is -2.36. The van der Waals surface area contributed by atoms with E-state index in [1.165, 1.54) is 5.69 Å². The minimum atomic E-state index is -0.0332. The first kappa shape index (κ1) is 15.2. The lowest BCUT2D eigenvalue weighted by molar-refractivity contribution is 0.0747. The number of piperazine rings is 1. The predicted molar refractivity (Wildman–Crippen MR) is 92.0 cm³/mol. The van der Waals surface area contributed by atoms with Crippen LogP contribution in [0, 0.1) is 0 Å². The molecular formula is C18H21N3O2. The second-order valence-electron chi connectivity index (χ2n) is 5.54. The summed E-state index contributed by atoms with van der Waals surface area (Å²) in [5.41, 5.74) is 8.15. The highest BCUT2D eigenvalue weighted by Crippen LogP contribution is 2.26. The van der Waals surface area contributed by atoms with Crippen LogP contribution in [-0.4, -0.2) is 44.1 Å². The van der Waals surface area contributed by atoms with Gasteiger partial charge in [-0.1, -0.05) is 24.3 Å². The monoisotopic (exact) mass is 311 g/mol. The van der Waals surface area contributed by atoms with E-state index in [0.717, 1.165) is 13.1 Å². The van der Waals surface area contributed by atoms with E-state index in [1.807, 2.05) is 23.1 Å². The van der Waals surface area contributed by atoms with E-state index in [0.29, 0.717) is 30.1 Å². The number of nitrogens with zero attached hydrogens (tertiary/aromatic N) is 2. The molecule has 5 nitrogen and oxygen atoms in total. The van der Waals surface area contributed by atoms with Crippen LogP contribution in [0.4, 0.5) is 11.4 Å². The van der Waals surface area contributed by atoms with Gasteiger partial charge in [0.2, 0.25) is 0 Å². The molecule has 0 spiro atoms. The summed E-state index contributed by atoms with van der Waals surface area (Å²) in [5.74, 6) is 0.507. The van der Waals surface area contributed by atoms with Crippen molar-refractivity contribution in [3.8, 4) is 5.75 Å². The fourth-order valence-electron chi connectivity index (χ4n) is 2.89. The molecule has 3 rings (SSSR count). The maximum atomic E-state index is 12.7. The van der Waals surface area contributed by atoms with Gasteiger partial charge in [0.05, 0.1) is 18.4 Å². The fraction of sp³-hybridized carbons (Fsp3) is 0.278. The molecule has 0 unspecified atom stereocenters. The maximum Gasteiger partial charge on any atom is 0.256 e. The highest BCUT2D eigenvalue weighted by atomic mass is 16.5. The lowest BCUT2D eigenvalue weighted by Crippen LogP contribution is -2.48. The first-order valence-corrected chi connectivity index (χ1v) is 7.72. The zero-order valence-electron chi connectivity index (χ0n) is 13.2. The van der Waals surface area contributed by atoms with Gasteiger partial charge in [0.15, 0.2) is 0 Å². The molecule has 2 N–H and O–H groups in total. The summed E-state index contributed by atoms with van der Waals surface area (Å²) in [5, 5.41) is 0. The second kappa shape index (κ2) is 6.60. The minimum absolute atomic E-state index is 0.0332. The number of para-hydroxylation sites is 2. The lowest BCUT2D eigenvalue weighted by atomic mass is 10.1. The van der Waals surface area contributed by atoms with Crippen molar-refractivity contribution in [3.05, 3.63) is 54.1 Å². The Hall–Kier alpha value is -2.69. The summed E-state index contributed by atoms with van der Waals surface area (Å²) < 4.78 is 5.19. The molecule has 5 heteroatoms. The van der Waals surface area contributed by atoms with Crippen molar-refractivity contribution >= 4 is 17.3 Å². The van der Waals surface area contributed by atoms with E-state index < -0.39 is 0 Å². The number of amides is 1. The van der Waals surface area contributed by atoms with Crippen molar-refractivity contribution in [1.29, 1.82) is 0 Å². The first-order chi connectivity index (χ1) is 11.2. The largest absolute Gasteiger partial charge is 0.495 e. The van der Waals surface area contributed by atoms with Crippen molar-refractivity contribution < 1.29 is 9.53 Å². The molecule has 0 atom stereocenters. The Morgan fingerprint density at radius 3 is 2.35 bits per heavy atom. The molecule has 2 aromatic rings. The highest BCUT2D eigenvalue weighted by molar-refractivity contribution is 6.00. The number of hydrogen-bond donors (Lipinski definition) is 1. The Morgan fingerprint density at radius 2 is 1.70 bits per heavy atom. The van der Waals surface area contributed by atoms with Crippen LogP contribution in [0.3, 0.4) is 0 Å². The van der Waals surface area contributed by atoms with E-state index in [9.17, 15) is 4.79 Å². The molecule has 1 fully saturated rings. The van der Waals surface area contributed by atoms with E-state index in [-0.39, 0.29) is 5.91 Å². The molecule has 1 heterocycles. The van der Waals surface area contributed by atoms with Crippen LogP contribution in [0.5, 0.6) is 5.75 Å². The molecule has 0 bridgehead atoms. The third-order valence-electron chi connectivity index (χ3n) is 4.20. The number of carbonyl (C=O) groups is 1. The Morgan fingerprint density at radius 1 is 1.00 bits per heavy atom. The zero-order chi connectivity index (χ0) is 16.2. The number of rotatable bonds is 3. The molecule has 1 amide bonds. The molecule has 1 aliphatic heterocycles. The average Bonchev–Trinajstić information content (AvgIpc) is 2.62. The van der Waals surface area contributed by atoms with Crippen molar-refractivity contribution in [3.63, 3.8) is 0 Å².